The zero-order valence-electron chi connectivity index (χ0n) is 18.1. The summed E-state index contributed by atoms with van der Waals surface area (Å²) >= 11 is 0. The molecular weight excluding hydrogens is 422 g/mol. The first-order valence-electron chi connectivity index (χ1n) is 10.2. The Balaban J connectivity index is 1.57. The number of nitrogens with zero attached hydrogens (tertiary/aromatic N) is 1. The average molecular weight is 452 g/mol. The zero-order valence-corrected chi connectivity index (χ0v) is 18.9. The number of piperidine rings is 1. The first kappa shape index (κ1) is 23.0. The SMILES string of the molecule is COc1cc(OC)c(CCC(=O)N2CCC(S(=O)(=O)Cc3ccco3)CC2)c(OC)c1. The molecule has 1 aromatic carbocycles. The minimum Gasteiger partial charge on any atom is -0.496 e. The normalized spacial score (nSPS) is 15.0. The van der Waals surface area contributed by atoms with Crippen molar-refractivity contribution in [3.63, 3.8) is 0 Å². The van der Waals surface area contributed by atoms with Gasteiger partial charge in [0.1, 0.15) is 28.8 Å². The monoisotopic (exact) mass is 451 g/mol. The van der Waals surface area contributed by atoms with Crippen LogP contribution in [0.15, 0.2) is 34.9 Å². The molecule has 0 aliphatic carbocycles. The van der Waals surface area contributed by atoms with E-state index in [1.165, 1.54) is 6.26 Å². The van der Waals surface area contributed by atoms with Gasteiger partial charge in [-0.1, -0.05) is 0 Å². The molecule has 9 heteroatoms. The van der Waals surface area contributed by atoms with Gasteiger partial charge in [0, 0.05) is 37.2 Å². The van der Waals surface area contributed by atoms with Gasteiger partial charge in [-0.15, -0.1) is 0 Å². The summed E-state index contributed by atoms with van der Waals surface area (Å²) < 4.78 is 46.6. The Kier molecular flexibility index (Phi) is 7.48. The van der Waals surface area contributed by atoms with E-state index < -0.39 is 15.1 Å². The number of sulfone groups is 1. The van der Waals surface area contributed by atoms with Gasteiger partial charge >= 0.3 is 0 Å². The predicted octanol–water partition coefficient (Wildman–Crippen LogP) is 2.84. The molecule has 0 saturated carbocycles. The van der Waals surface area contributed by atoms with Crippen LogP contribution >= 0.6 is 0 Å². The summed E-state index contributed by atoms with van der Waals surface area (Å²) in [5, 5.41) is -0.455. The molecule has 0 N–H and O–H groups in total. The molecule has 3 rings (SSSR count). The number of furan rings is 1. The van der Waals surface area contributed by atoms with Crippen LogP contribution in [0.1, 0.15) is 30.6 Å². The fourth-order valence-electron chi connectivity index (χ4n) is 3.89. The molecular formula is C22H29NO7S. The highest BCUT2D eigenvalue weighted by Crippen LogP contribution is 2.35. The van der Waals surface area contributed by atoms with Crippen molar-refractivity contribution < 1.29 is 31.8 Å². The van der Waals surface area contributed by atoms with Gasteiger partial charge < -0.3 is 23.5 Å². The number of methoxy groups -OCH3 is 3. The van der Waals surface area contributed by atoms with Crippen LogP contribution in [0.4, 0.5) is 0 Å². The number of benzene rings is 1. The first-order valence-corrected chi connectivity index (χ1v) is 11.9. The molecule has 170 valence electrons. The number of carbonyl (C=O) groups is 1. The Bertz CT molecular complexity index is 952. The summed E-state index contributed by atoms with van der Waals surface area (Å²) in [5.41, 5.74) is 0.801. The molecule has 31 heavy (non-hydrogen) atoms. The van der Waals surface area contributed by atoms with E-state index in [9.17, 15) is 13.2 Å². The topological polar surface area (TPSA) is 95.3 Å². The van der Waals surface area contributed by atoms with E-state index in [4.69, 9.17) is 18.6 Å². The molecule has 1 amide bonds. The third kappa shape index (κ3) is 5.52. The summed E-state index contributed by atoms with van der Waals surface area (Å²) in [6.07, 6.45) is 3.07. The number of carbonyl (C=O) groups excluding carboxylic acids is 1. The molecule has 0 atom stereocenters. The fourth-order valence-corrected chi connectivity index (χ4v) is 5.62. The molecule has 2 heterocycles. The van der Waals surface area contributed by atoms with Crippen molar-refractivity contribution in [1.29, 1.82) is 0 Å². The Morgan fingerprint density at radius 3 is 2.26 bits per heavy atom. The van der Waals surface area contributed by atoms with Crippen LogP contribution in [0.3, 0.4) is 0 Å². The lowest BCUT2D eigenvalue weighted by molar-refractivity contribution is -0.132. The van der Waals surface area contributed by atoms with Gasteiger partial charge in [-0.25, -0.2) is 8.42 Å². The average Bonchev–Trinajstić information content (AvgIpc) is 3.29. The van der Waals surface area contributed by atoms with Crippen LogP contribution in [0, 0.1) is 0 Å². The smallest absolute Gasteiger partial charge is 0.222 e. The van der Waals surface area contributed by atoms with E-state index in [1.54, 1.807) is 50.5 Å². The van der Waals surface area contributed by atoms with Crippen LogP contribution in [0.25, 0.3) is 0 Å². The number of amides is 1. The molecule has 1 aliphatic rings. The maximum atomic E-state index is 12.8. The van der Waals surface area contributed by atoms with Gasteiger partial charge in [-0.3, -0.25) is 4.79 Å². The van der Waals surface area contributed by atoms with Crippen molar-refractivity contribution in [3.05, 3.63) is 41.9 Å². The third-order valence-electron chi connectivity index (χ3n) is 5.63. The van der Waals surface area contributed by atoms with Crippen LogP contribution in [-0.2, 0) is 26.8 Å². The molecule has 1 aromatic heterocycles. The predicted molar refractivity (Wildman–Crippen MR) is 115 cm³/mol. The van der Waals surface area contributed by atoms with Crippen molar-refractivity contribution in [2.24, 2.45) is 0 Å². The van der Waals surface area contributed by atoms with E-state index in [0.717, 1.165) is 5.56 Å². The maximum Gasteiger partial charge on any atom is 0.222 e. The van der Waals surface area contributed by atoms with Crippen molar-refractivity contribution in [2.75, 3.05) is 34.4 Å². The van der Waals surface area contributed by atoms with Crippen LogP contribution < -0.4 is 14.2 Å². The molecule has 1 aliphatic heterocycles. The molecule has 8 nitrogen and oxygen atoms in total. The number of likely N-dealkylation sites (tertiary alicyclic amines) is 1. The van der Waals surface area contributed by atoms with Crippen molar-refractivity contribution in [3.8, 4) is 17.2 Å². The van der Waals surface area contributed by atoms with Crippen LogP contribution in [-0.4, -0.2) is 58.9 Å². The lowest BCUT2D eigenvalue weighted by Crippen LogP contribution is -2.42. The summed E-state index contributed by atoms with van der Waals surface area (Å²) in [6.45, 7) is 0.857. The lowest BCUT2D eigenvalue weighted by atomic mass is 10.0. The van der Waals surface area contributed by atoms with Crippen LogP contribution in [0.5, 0.6) is 17.2 Å². The Morgan fingerprint density at radius 1 is 1.10 bits per heavy atom. The number of hydrogen-bond acceptors (Lipinski definition) is 7. The van der Waals surface area contributed by atoms with E-state index in [2.05, 4.69) is 0 Å². The van der Waals surface area contributed by atoms with Gasteiger partial charge in [0.2, 0.25) is 5.91 Å². The number of ether oxygens (including phenoxy) is 3. The van der Waals surface area contributed by atoms with Crippen molar-refractivity contribution in [1.82, 2.24) is 4.90 Å². The van der Waals surface area contributed by atoms with Gasteiger partial charge in [0.15, 0.2) is 9.84 Å². The van der Waals surface area contributed by atoms with E-state index in [1.807, 2.05) is 0 Å². The molecule has 1 fully saturated rings. The molecule has 0 unspecified atom stereocenters. The minimum absolute atomic E-state index is 0.0122. The van der Waals surface area contributed by atoms with E-state index in [0.29, 0.717) is 55.4 Å². The quantitative estimate of drug-likeness (QED) is 0.578. The first-order chi connectivity index (χ1) is 14.9. The standard InChI is InChI=1S/C22H29NO7S/c1-27-17-13-20(28-2)19(21(14-17)29-3)6-7-22(24)23-10-8-18(9-11-23)31(25,26)15-16-5-4-12-30-16/h4-5,12-14,18H,6-11,15H2,1-3H3. The maximum absolute atomic E-state index is 12.8. The molecule has 2 aromatic rings. The Morgan fingerprint density at radius 2 is 1.74 bits per heavy atom. The highest BCUT2D eigenvalue weighted by molar-refractivity contribution is 7.91. The van der Waals surface area contributed by atoms with Crippen molar-refractivity contribution in [2.45, 2.75) is 36.7 Å². The molecule has 0 radical (unpaired) electrons. The van der Waals surface area contributed by atoms with Gasteiger partial charge in [-0.2, -0.15) is 0 Å². The molecule has 0 spiro atoms. The third-order valence-corrected chi connectivity index (χ3v) is 7.81. The van der Waals surface area contributed by atoms with Gasteiger partial charge in [0.05, 0.1) is 32.8 Å². The number of hydrogen-bond donors (Lipinski definition) is 0. The molecule has 0 bridgehead atoms. The summed E-state index contributed by atoms with van der Waals surface area (Å²) in [7, 11) is 1.38. The molecule has 1 saturated heterocycles. The second-order valence-corrected chi connectivity index (χ2v) is 9.76. The van der Waals surface area contributed by atoms with E-state index >= 15 is 0 Å². The summed E-state index contributed by atoms with van der Waals surface area (Å²) in [4.78, 5) is 14.5. The zero-order chi connectivity index (χ0) is 22.4. The largest absolute Gasteiger partial charge is 0.496 e. The summed E-state index contributed by atoms with van der Waals surface area (Å²) in [6, 6.07) is 6.87. The lowest BCUT2D eigenvalue weighted by Gasteiger charge is -2.31. The van der Waals surface area contributed by atoms with Gasteiger partial charge in [0.25, 0.3) is 0 Å². The van der Waals surface area contributed by atoms with Crippen LogP contribution in [0.2, 0.25) is 0 Å². The second-order valence-electron chi connectivity index (χ2n) is 7.48. The Hall–Kier alpha value is -2.68. The minimum atomic E-state index is -3.31. The van der Waals surface area contributed by atoms with Gasteiger partial charge in [-0.05, 0) is 31.4 Å². The highest BCUT2D eigenvalue weighted by atomic mass is 32.2. The fraction of sp³-hybridized carbons (Fsp3) is 0.500. The summed E-state index contributed by atoms with van der Waals surface area (Å²) in [5.74, 6) is 2.15. The van der Waals surface area contributed by atoms with Crippen molar-refractivity contribution >= 4 is 15.7 Å². The van der Waals surface area contributed by atoms with E-state index in [-0.39, 0.29) is 18.1 Å². The number of rotatable bonds is 9. The Labute approximate surface area is 183 Å². The second kappa shape index (κ2) is 10.1. The highest BCUT2D eigenvalue weighted by Gasteiger charge is 2.32.